The zero-order chi connectivity index (χ0) is 14.5. The van der Waals surface area contributed by atoms with E-state index in [4.69, 9.17) is 16.7 Å². The summed E-state index contributed by atoms with van der Waals surface area (Å²) < 4.78 is 0. The molecule has 0 aliphatic rings. The minimum atomic E-state index is -1.15. The average molecular weight is 313 g/mol. The molecule has 2 rings (SSSR count). The van der Waals surface area contributed by atoms with Crippen LogP contribution in [0.5, 0.6) is 0 Å². The minimum Gasteiger partial charge on any atom is -0.478 e. The van der Waals surface area contributed by atoms with E-state index in [0.717, 1.165) is 0 Å². The van der Waals surface area contributed by atoms with Crippen LogP contribution < -0.4 is 5.32 Å². The van der Waals surface area contributed by atoms with Crippen LogP contribution in [-0.2, 0) is 4.79 Å². The molecule has 2 aromatic rings. The zero-order valence-electron chi connectivity index (χ0n) is 9.96. The molecule has 0 aliphatic carbocycles. The van der Waals surface area contributed by atoms with E-state index in [0.29, 0.717) is 10.8 Å². The number of aromatic carboxylic acids is 1. The van der Waals surface area contributed by atoms with Gasteiger partial charge in [0, 0.05) is 5.69 Å². The highest BCUT2D eigenvalue weighted by molar-refractivity contribution is 7.99. The van der Waals surface area contributed by atoms with Crippen LogP contribution in [0.3, 0.4) is 0 Å². The predicted octanol–water partition coefficient (Wildman–Crippen LogP) is 1.89. The smallest absolute Gasteiger partial charge is 0.337 e. The first-order valence-electron chi connectivity index (χ1n) is 5.37. The first-order valence-corrected chi connectivity index (χ1v) is 6.73. The summed E-state index contributed by atoms with van der Waals surface area (Å²) in [6.45, 7) is 0. The van der Waals surface area contributed by atoms with Gasteiger partial charge in [-0.15, -0.1) is 0 Å². The van der Waals surface area contributed by atoms with Gasteiger partial charge in [0.05, 0.1) is 16.3 Å². The molecule has 1 amide bonds. The van der Waals surface area contributed by atoms with Gasteiger partial charge < -0.3 is 10.4 Å². The van der Waals surface area contributed by atoms with Gasteiger partial charge in [-0.25, -0.2) is 9.78 Å². The number of aromatic nitrogens is 3. The summed E-state index contributed by atoms with van der Waals surface area (Å²) in [5, 5.41) is 18.4. The Morgan fingerprint density at radius 2 is 2.25 bits per heavy atom. The molecule has 1 heterocycles. The second kappa shape index (κ2) is 6.40. The van der Waals surface area contributed by atoms with Crippen molar-refractivity contribution in [1.29, 1.82) is 0 Å². The Balaban J connectivity index is 1.97. The lowest BCUT2D eigenvalue weighted by Crippen LogP contribution is -2.14. The second-order valence-electron chi connectivity index (χ2n) is 3.63. The lowest BCUT2D eigenvalue weighted by atomic mass is 10.2. The monoisotopic (exact) mass is 312 g/mol. The highest BCUT2D eigenvalue weighted by Crippen LogP contribution is 2.21. The molecule has 1 aromatic heterocycles. The minimum absolute atomic E-state index is 0.0626. The number of hydrogen-bond acceptors (Lipinski definition) is 5. The molecule has 0 radical (unpaired) electrons. The van der Waals surface area contributed by atoms with Gasteiger partial charge in [0.15, 0.2) is 5.16 Å². The number of carbonyl (C=O) groups is 2. The summed E-state index contributed by atoms with van der Waals surface area (Å²) in [7, 11) is 0. The van der Waals surface area contributed by atoms with Gasteiger partial charge in [-0.2, -0.15) is 5.10 Å². The Morgan fingerprint density at radius 1 is 1.45 bits per heavy atom. The topological polar surface area (TPSA) is 108 Å². The Labute approximate surface area is 122 Å². The van der Waals surface area contributed by atoms with Crippen LogP contribution in [0.15, 0.2) is 29.7 Å². The molecule has 0 spiro atoms. The highest BCUT2D eigenvalue weighted by atomic mass is 35.5. The SMILES string of the molecule is O=C(CSc1ncn[nH]1)Nc1ccc(Cl)c(C(=O)O)c1. The standard InChI is InChI=1S/C11H9ClN4O3S/c12-8-2-1-6(3-7(8)10(18)19)15-9(17)4-20-11-13-5-14-16-11/h1-3,5H,4H2,(H,15,17)(H,18,19)(H,13,14,16). The van der Waals surface area contributed by atoms with E-state index in [-0.39, 0.29) is 22.2 Å². The molecule has 0 saturated carbocycles. The first kappa shape index (κ1) is 14.4. The second-order valence-corrected chi connectivity index (χ2v) is 5.00. The number of aromatic amines is 1. The first-order chi connectivity index (χ1) is 9.56. The maximum Gasteiger partial charge on any atom is 0.337 e. The Hall–Kier alpha value is -2.06. The van der Waals surface area contributed by atoms with Gasteiger partial charge in [0.2, 0.25) is 5.91 Å². The molecule has 1 aromatic carbocycles. The molecular weight excluding hydrogens is 304 g/mol. The Bertz CT molecular complexity index is 633. The van der Waals surface area contributed by atoms with Crippen LogP contribution >= 0.6 is 23.4 Å². The van der Waals surface area contributed by atoms with Crippen LogP contribution in [0, 0.1) is 0 Å². The number of thioether (sulfide) groups is 1. The number of H-pyrrole nitrogens is 1. The maximum atomic E-state index is 11.7. The number of anilines is 1. The van der Waals surface area contributed by atoms with Gasteiger partial charge in [-0.05, 0) is 18.2 Å². The molecule has 3 N–H and O–H groups in total. The molecule has 7 nitrogen and oxygen atoms in total. The molecule has 0 fully saturated rings. The van der Waals surface area contributed by atoms with Crippen LogP contribution in [-0.4, -0.2) is 37.9 Å². The zero-order valence-corrected chi connectivity index (χ0v) is 11.5. The Kier molecular flexibility index (Phi) is 4.59. The van der Waals surface area contributed by atoms with Gasteiger partial charge in [-0.3, -0.25) is 9.89 Å². The predicted molar refractivity (Wildman–Crippen MR) is 74.1 cm³/mol. The van der Waals surface area contributed by atoms with Crippen molar-refractivity contribution in [2.75, 3.05) is 11.1 Å². The number of rotatable bonds is 5. The van der Waals surface area contributed by atoms with E-state index in [9.17, 15) is 9.59 Å². The largest absolute Gasteiger partial charge is 0.478 e. The van der Waals surface area contributed by atoms with Crippen molar-refractivity contribution < 1.29 is 14.7 Å². The van der Waals surface area contributed by atoms with E-state index in [1.165, 1.54) is 36.3 Å². The fraction of sp³-hybridized carbons (Fsp3) is 0.0909. The summed E-state index contributed by atoms with van der Waals surface area (Å²) in [4.78, 5) is 26.5. The molecule has 0 saturated heterocycles. The summed E-state index contributed by atoms with van der Waals surface area (Å²) in [6.07, 6.45) is 1.35. The molecule has 0 aliphatic heterocycles. The molecule has 0 unspecified atom stereocenters. The average Bonchev–Trinajstić information content (AvgIpc) is 2.91. The molecular formula is C11H9ClN4O3S. The summed E-state index contributed by atoms with van der Waals surface area (Å²) in [5.74, 6) is -1.31. The fourth-order valence-electron chi connectivity index (χ4n) is 1.36. The van der Waals surface area contributed by atoms with Crippen molar-refractivity contribution in [3.05, 3.63) is 35.1 Å². The third-order valence-corrected chi connectivity index (χ3v) is 3.42. The molecule has 0 atom stereocenters. The van der Waals surface area contributed by atoms with Crippen LogP contribution in [0.25, 0.3) is 0 Å². The summed E-state index contributed by atoms with van der Waals surface area (Å²) in [6, 6.07) is 4.26. The van der Waals surface area contributed by atoms with E-state index >= 15 is 0 Å². The van der Waals surface area contributed by atoms with Crippen molar-refractivity contribution in [1.82, 2.24) is 15.2 Å². The van der Waals surface area contributed by atoms with Gasteiger partial charge in [0.25, 0.3) is 0 Å². The summed E-state index contributed by atoms with van der Waals surface area (Å²) >= 11 is 6.92. The van der Waals surface area contributed by atoms with Crippen molar-refractivity contribution in [2.45, 2.75) is 5.16 Å². The maximum absolute atomic E-state index is 11.7. The highest BCUT2D eigenvalue weighted by Gasteiger charge is 2.11. The Morgan fingerprint density at radius 3 is 2.90 bits per heavy atom. The van der Waals surface area contributed by atoms with E-state index < -0.39 is 5.97 Å². The quantitative estimate of drug-likeness (QED) is 0.728. The molecule has 20 heavy (non-hydrogen) atoms. The van der Waals surface area contributed by atoms with Crippen molar-refractivity contribution in [3.8, 4) is 0 Å². The van der Waals surface area contributed by atoms with Crippen LogP contribution in [0.4, 0.5) is 5.69 Å². The van der Waals surface area contributed by atoms with Crippen molar-refractivity contribution in [3.63, 3.8) is 0 Å². The van der Waals surface area contributed by atoms with Gasteiger partial charge in [0.1, 0.15) is 6.33 Å². The number of nitrogens with zero attached hydrogens (tertiary/aromatic N) is 2. The number of carboxylic acids is 1. The molecule has 104 valence electrons. The van der Waals surface area contributed by atoms with Crippen molar-refractivity contribution in [2.24, 2.45) is 0 Å². The lowest BCUT2D eigenvalue weighted by Gasteiger charge is -2.06. The number of amides is 1. The third kappa shape index (κ3) is 3.72. The molecule has 9 heteroatoms. The van der Waals surface area contributed by atoms with Crippen LogP contribution in [0.2, 0.25) is 5.02 Å². The van der Waals surface area contributed by atoms with Gasteiger partial charge in [-0.1, -0.05) is 23.4 Å². The number of hydrogen-bond donors (Lipinski definition) is 3. The normalized spacial score (nSPS) is 10.2. The molecule has 0 bridgehead atoms. The number of carbonyl (C=O) groups excluding carboxylic acids is 1. The number of halogens is 1. The van der Waals surface area contributed by atoms with Gasteiger partial charge >= 0.3 is 5.97 Å². The van der Waals surface area contributed by atoms with Crippen molar-refractivity contribution >= 4 is 40.9 Å². The van der Waals surface area contributed by atoms with E-state index in [2.05, 4.69) is 20.5 Å². The van der Waals surface area contributed by atoms with E-state index in [1.807, 2.05) is 0 Å². The van der Waals surface area contributed by atoms with Crippen LogP contribution in [0.1, 0.15) is 10.4 Å². The van der Waals surface area contributed by atoms with E-state index in [1.54, 1.807) is 0 Å². The third-order valence-electron chi connectivity index (χ3n) is 2.21. The lowest BCUT2D eigenvalue weighted by molar-refractivity contribution is -0.113. The fourth-order valence-corrected chi connectivity index (χ4v) is 2.14. The summed E-state index contributed by atoms with van der Waals surface area (Å²) in [5.41, 5.74) is 0.308. The number of nitrogens with one attached hydrogen (secondary N) is 2. The number of benzene rings is 1. The number of carboxylic acid groups (broad SMARTS) is 1.